The zero-order valence-electron chi connectivity index (χ0n) is 12.4. The molecule has 1 N–H and O–H groups in total. The van der Waals surface area contributed by atoms with E-state index in [1.165, 1.54) is 0 Å². The Morgan fingerprint density at radius 1 is 1.38 bits per heavy atom. The van der Waals surface area contributed by atoms with E-state index in [1.807, 2.05) is 30.3 Å². The average molecular weight is 287 g/mol. The predicted molar refractivity (Wildman–Crippen MR) is 81.0 cm³/mol. The Bertz CT molecular complexity index is 578. The number of aliphatic hydroxyl groups excluding tert-OH is 1. The number of hydrogen-bond donors (Lipinski definition) is 1. The molecule has 0 aliphatic heterocycles. The normalized spacial score (nSPS) is 12.1. The second-order valence-corrected chi connectivity index (χ2v) is 5.28. The van der Waals surface area contributed by atoms with Crippen LogP contribution in [0.15, 0.2) is 42.7 Å². The summed E-state index contributed by atoms with van der Waals surface area (Å²) in [6, 6.07) is 9.98. The lowest BCUT2D eigenvalue weighted by atomic mass is 10.2. The summed E-state index contributed by atoms with van der Waals surface area (Å²) in [6.45, 7) is 2.89. The zero-order valence-corrected chi connectivity index (χ0v) is 12.4. The van der Waals surface area contributed by atoms with Crippen molar-refractivity contribution in [2.45, 2.75) is 26.0 Å². The van der Waals surface area contributed by atoms with Gasteiger partial charge in [-0.25, -0.2) is 0 Å². The van der Waals surface area contributed by atoms with Crippen molar-refractivity contribution < 1.29 is 9.90 Å². The average Bonchev–Trinajstić information content (AvgIpc) is 2.93. The molecule has 0 radical (unpaired) electrons. The second kappa shape index (κ2) is 7.04. The van der Waals surface area contributed by atoms with Gasteiger partial charge in [0.05, 0.1) is 24.4 Å². The molecule has 0 bridgehead atoms. The quantitative estimate of drug-likeness (QED) is 0.881. The minimum Gasteiger partial charge on any atom is -0.393 e. The number of carbonyl (C=O) groups excluding carboxylic acids is 1. The first-order valence-corrected chi connectivity index (χ1v) is 7.06. The predicted octanol–water partition coefficient (Wildman–Crippen LogP) is 1.77. The molecular formula is C16H21N3O2. The highest BCUT2D eigenvalue weighted by atomic mass is 16.3. The Morgan fingerprint density at radius 2 is 2.10 bits per heavy atom. The van der Waals surface area contributed by atoms with Crippen LogP contribution >= 0.6 is 0 Å². The molecule has 1 atom stereocenters. The number of carbonyl (C=O) groups is 1. The maximum absolute atomic E-state index is 12.2. The standard InChI is InChI=1S/C16H21N3O2/c1-13(20)8-9-18(2)16(21)15-10-17-19(12-15)11-14-6-4-3-5-7-14/h3-7,10,12-13,20H,8-9,11H2,1-2H3. The summed E-state index contributed by atoms with van der Waals surface area (Å²) in [6.07, 6.45) is 3.51. The van der Waals surface area contributed by atoms with E-state index in [0.29, 0.717) is 25.1 Å². The minimum atomic E-state index is -0.402. The molecule has 1 heterocycles. The van der Waals surface area contributed by atoms with Gasteiger partial charge >= 0.3 is 0 Å². The van der Waals surface area contributed by atoms with Crippen LogP contribution in [0.4, 0.5) is 0 Å². The molecule has 5 nitrogen and oxygen atoms in total. The van der Waals surface area contributed by atoms with Gasteiger partial charge in [0.15, 0.2) is 0 Å². The third-order valence-electron chi connectivity index (χ3n) is 3.30. The van der Waals surface area contributed by atoms with Gasteiger partial charge in [0.1, 0.15) is 0 Å². The van der Waals surface area contributed by atoms with E-state index < -0.39 is 6.10 Å². The molecule has 1 unspecified atom stereocenters. The summed E-state index contributed by atoms with van der Waals surface area (Å²) in [5, 5.41) is 13.5. The summed E-state index contributed by atoms with van der Waals surface area (Å²) in [5.41, 5.74) is 1.71. The molecule has 2 rings (SSSR count). The molecule has 5 heteroatoms. The second-order valence-electron chi connectivity index (χ2n) is 5.28. The van der Waals surface area contributed by atoms with Gasteiger partial charge in [0, 0.05) is 19.8 Å². The van der Waals surface area contributed by atoms with Crippen LogP contribution in [0.5, 0.6) is 0 Å². The number of nitrogens with zero attached hydrogens (tertiary/aromatic N) is 3. The third-order valence-corrected chi connectivity index (χ3v) is 3.30. The summed E-state index contributed by atoms with van der Waals surface area (Å²) in [4.78, 5) is 13.8. The number of rotatable bonds is 6. The summed E-state index contributed by atoms with van der Waals surface area (Å²) >= 11 is 0. The highest BCUT2D eigenvalue weighted by molar-refractivity contribution is 5.93. The van der Waals surface area contributed by atoms with Gasteiger partial charge in [-0.2, -0.15) is 5.10 Å². The lowest BCUT2D eigenvalue weighted by Crippen LogP contribution is -2.29. The van der Waals surface area contributed by atoms with Crippen molar-refractivity contribution in [2.24, 2.45) is 0 Å². The Balaban J connectivity index is 1.97. The van der Waals surface area contributed by atoms with E-state index in [4.69, 9.17) is 0 Å². The smallest absolute Gasteiger partial charge is 0.256 e. The van der Waals surface area contributed by atoms with Crippen LogP contribution in [0, 0.1) is 0 Å². The summed E-state index contributed by atoms with van der Waals surface area (Å²) in [7, 11) is 1.74. The molecule has 0 aliphatic carbocycles. The topological polar surface area (TPSA) is 58.4 Å². The number of aliphatic hydroxyl groups is 1. The first-order chi connectivity index (χ1) is 10.1. The SMILES string of the molecule is CC(O)CCN(C)C(=O)c1cnn(Cc2ccccc2)c1. The highest BCUT2D eigenvalue weighted by Gasteiger charge is 2.14. The lowest BCUT2D eigenvalue weighted by molar-refractivity contribution is 0.0769. The highest BCUT2D eigenvalue weighted by Crippen LogP contribution is 2.07. The fourth-order valence-corrected chi connectivity index (χ4v) is 2.03. The monoisotopic (exact) mass is 287 g/mol. The van der Waals surface area contributed by atoms with Crippen LogP contribution in [0.2, 0.25) is 0 Å². The molecule has 1 aromatic carbocycles. The molecule has 112 valence electrons. The van der Waals surface area contributed by atoms with Gasteiger partial charge in [-0.3, -0.25) is 9.48 Å². The van der Waals surface area contributed by atoms with Gasteiger partial charge in [-0.05, 0) is 18.9 Å². The van der Waals surface area contributed by atoms with Crippen molar-refractivity contribution in [1.82, 2.24) is 14.7 Å². The Hall–Kier alpha value is -2.14. The Labute approximate surface area is 124 Å². The van der Waals surface area contributed by atoms with Crippen LogP contribution in [-0.2, 0) is 6.54 Å². The molecule has 1 aromatic heterocycles. The van der Waals surface area contributed by atoms with Gasteiger partial charge in [0.25, 0.3) is 5.91 Å². The van der Waals surface area contributed by atoms with Crippen molar-refractivity contribution in [3.63, 3.8) is 0 Å². The molecular weight excluding hydrogens is 266 g/mol. The van der Waals surface area contributed by atoms with Crippen LogP contribution in [0.1, 0.15) is 29.3 Å². The molecule has 2 aromatic rings. The maximum atomic E-state index is 12.2. The number of aromatic nitrogens is 2. The van der Waals surface area contributed by atoms with Crippen LogP contribution in [0.25, 0.3) is 0 Å². The Morgan fingerprint density at radius 3 is 2.76 bits per heavy atom. The molecule has 21 heavy (non-hydrogen) atoms. The van der Waals surface area contributed by atoms with Crippen molar-refractivity contribution >= 4 is 5.91 Å². The first kappa shape index (κ1) is 15.3. The molecule has 0 fully saturated rings. The Kier molecular flexibility index (Phi) is 5.11. The fourth-order valence-electron chi connectivity index (χ4n) is 2.03. The van der Waals surface area contributed by atoms with E-state index in [2.05, 4.69) is 5.10 Å². The minimum absolute atomic E-state index is 0.0741. The van der Waals surface area contributed by atoms with Crippen molar-refractivity contribution in [3.05, 3.63) is 53.9 Å². The van der Waals surface area contributed by atoms with Crippen molar-refractivity contribution in [1.29, 1.82) is 0 Å². The van der Waals surface area contributed by atoms with Crippen molar-refractivity contribution in [3.8, 4) is 0 Å². The van der Waals surface area contributed by atoms with Gasteiger partial charge < -0.3 is 10.0 Å². The van der Waals surface area contributed by atoms with Gasteiger partial charge in [0.2, 0.25) is 0 Å². The molecule has 0 aliphatic rings. The van der Waals surface area contributed by atoms with Crippen LogP contribution in [0.3, 0.4) is 0 Å². The molecule has 0 saturated carbocycles. The molecule has 0 spiro atoms. The number of amides is 1. The van der Waals surface area contributed by atoms with E-state index in [-0.39, 0.29) is 5.91 Å². The largest absolute Gasteiger partial charge is 0.393 e. The first-order valence-electron chi connectivity index (χ1n) is 7.06. The fraction of sp³-hybridized carbons (Fsp3) is 0.375. The number of benzene rings is 1. The van der Waals surface area contributed by atoms with E-state index in [0.717, 1.165) is 5.56 Å². The maximum Gasteiger partial charge on any atom is 0.256 e. The van der Waals surface area contributed by atoms with Crippen LogP contribution in [-0.4, -0.2) is 45.4 Å². The summed E-state index contributed by atoms with van der Waals surface area (Å²) in [5.74, 6) is -0.0741. The lowest BCUT2D eigenvalue weighted by Gasteiger charge is -2.16. The van der Waals surface area contributed by atoms with Crippen LogP contribution < -0.4 is 0 Å². The summed E-state index contributed by atoms with van der Waals surface area (Å²) < 4.78 is 1.76. The van der Waals surface area contributed by atoms with E-state index in [9.17, 15) is 9.90 Å². The third kappa shape index (κ3) is 4.43. The van der Waals surface area contributed by atoms with Gasteiger partial charge in [-0.15, -0.1) is 0 Å². The van der Waals surface area contributed by atoms with Crippen molar-refractivity contribution in [2.75, 3.05) is 13.6 Å². The molecule has 1 amide bonds. The number of hydrogen-bond acceptors (Lipinski definition) is 3. The van der Waals surface area contributed by atoms with E-state index in [1.54, 1.807) is 35.9 Å². The molecule has 0 saturated heterocycles. The van der Waals surface area contributed by atoms with Gasteiger partial charge in [-0.1, -0.05) is 30.3 Å². The van der Waals surface area contributed by atoms with E-state index >= 15 is 0 Å². The zero-order chi connectivity index (χ0) is 15.2.